The van der Waals surface area contributed by atoms with Crippen LogP contribution in [0.3, 0.4) is 0 Å². The molecular formula is C20H30ClN3O3. The molecule has 27 heavy (non-hydrogen) atoms. The molecule has 0 saturated carbocycles. The van der Waals surface area contributed by atoms with Crippen molar-refractivity contribution >= 4 is 23.7 Å². The molecule has 1 heterocycles. The summed E-state index contributed by atoms with van der Waals surface area (Å²) in [5.74, 6) is 0. The number of likely N-dealkylation sites (N-methyl/N-ethyl adjacent to an activating group) is 1. The molecule has 6 nitrogen and oxygen atoms in total. The van der Waals surface area contributed by atoms with Gasteiger partial charge in [-0.05, 0) is 51.8 Å². The Morgan fingerprint density at radius 1 is 1.26 bits per heavy atom. The Balaban J connectivity index is 1.95. The number of carbonyl (C=O) groups excluding carboxylic acids is 2. The van der Waals surface area contributed by atoms with Crippen LogP contribution in [0.15, 0.2) is 24.3 Å². The lowest BCUT2D eigenvalue weighted by molar-refractivity contribution is 0.0283. The molecule has 1 saturated heterocycles. The molecule has 7 heteroatoms. The van der Waals surface area contributed by atoms with Crippen molar-refractivity contribution in [1.82, 2.24) is 14.7 Å². The number of benzene rings is 1. The zero-order valence-corrected chi connectivity index (χ0v) is 17.6. The normalized spacial score (nSPS) is 17.0. The fourth-order valence-corrected chi connectivity index (χ4v) is 3.18. The average molecular weight is 396 g/mol. The molecule has 1 aromatic rings. The van der Waals surface area contributed by atoms with Gasteiger partial charge in [-0.25, -0.2) is 9.59 Å². The number of rotatable bonds is 4. The molecule has 1 aromatic carbocycles. The maximum Gasteiger partial charge on any atom is 0.410 e. The zero-order valence-electron chi connectivity index (χ0n) is 16.9. The minimum atomic E-state index is -0.519. The van der Waals surface area contributed by atoms with Gasteiger partial charge in [0.15, 0.2) is 0 Å². The minimum Gasteiger partial charge on any atom is -0.444 e. The number of urea groups is 1. The van der Waals surface area contributed by atoms with Crippen molar-refractivity contribution in [3.63, 3.8) is 0 Å². The van der Waals surface area contributed by atoms with E-state index in [1.165, 1.54) is 0 Å². The van der Waals surface area contributed by atoms with E-state index in [9.17, 15) is 9.59 Å². The highest BCUT2D eigenvalue weighted by Gasteiger charge is 2.34. The van der Waals surface area contributed by atoms with Crippen LogP contribution in [0.1, 0.15) is 39.7 Å². The van der Waals surface area contributed by atoms with Gasteiger partial charge in [-0.15, -0.1) is 0 Å². The van der Waals surface area contributed by atoms with Crippen LogP contribution < -0.4 is 0 Å². The molecule has 0 aliphatic carbocycles. The third-order valence-electron chi connectivity index (χ3n) is 4.60. The van der Waals surface area contributed by atoms with E-state index in [0.717, 1.165) is 12.0 Å². The third-order valence-corrected chi connectivity index (χ3v) is 4.86. The van der Waals surface area contributed by atoms with Crippen LogP contribution in [0.5, 0.6) is 0 Å². The summed E-state index contributed by atoms with van der Waals surface area (Å²) in [6.45, 7) is 9.74. The van der Waals surface area contributed by atoms with Gasteiger partial charge >= 0.3 is 12.1 Å². The van der Waals surface area contributed by atoms with Crippen LogP contribution in [-0.4, -0.2) is 65.1 Å². The van der Waals surface area contributed by atoms with Crippen molar-refractivity contribution in [2.45, 2.75) is 52.3 Å². The zero-order chi connectivity index (χ0) is 20.2. The largest absolute Gasteiger partial charge is 0.444 e. The molecule has 1 fully saturated rings. The summed E-state index contributed by atoms with van der Waals surface area (Å²) >= 11 is 5.93. The summed E-state index contributed by atoms with van der Waals surface area (Å²) < 4.78 is 5.43. The first kappa shape index (κ1) is 21.4. The average Bonchev–Trinajstić information content (AvgIpc) is 3.09. The first-order chi connectivity index (χ1) is 12.6. The van der Waals surface area contributed by atoms with Gasteiger partial charge in [0.1, 0.15) is 5.60 Å². The lowest BCUT2D eigenvalue weighted by atomic mass is 10.2. The predicted molar refractivity (Wildman–Crippen MR) is 107 cm³/mol. The molecule has 3 amide bonds. The van der Waals surface area contributed by atoms with E-state index >= 15 is 0 Å². The van der Waals surface area contributed by atoms with Crippen LogP contribution >= 0.6 is 11.6 Å². The third kappa shape index (κ3) is 6.03. The highest BCUT2D eigenvalue weighted by atomic mass is 35.5. The fraction of sp³-hybridized carbons (Fsp3) is 0.600. The Bertz CT molecular complexity index is 657. The predicted octanol–water partition coefficient (Wildman–Crippen LogP) is 4.22. The van der Waals surface area contributed by atoms with Crippen molar-refractivity contribution < 1.29 is 14.3 Å². The van der Waals surface area contributed by atoms with Crippen LogP contribution in [0, 0.1) is 0 Å². The number of amides is 3. The van der Waals surface area contributed by atoms with Gasteiger partial charge in [-0.2, -0.15) is 0 Å². The number of nitrogens with zero attached hydrogens (tertiary/aromatic N) is 3. The molecule has 0 bridgehead atoms. The molecule has 2 rings (SSSR count). The lowest BCUT2D eigenvalue weighted by Crippen LogP contribution is -2.47. The summed E-state index contributed by atoms with van der Waals surface area (Å²) in [6, 6.07) is 7.46. The minimum absolute atomic E-state index is 0.00992. The Morgan fingerprint density at radius 2 is 1.89 bits per heavy atom. The van der Waals surface area contributed by atoms with Gasteiger partial charge in [0.25, 0.3) is 0 Å². The maximum absolute atomic E-state index is 12.9. The summed E-state index contributed by atoms with van der Waals surface area (Å²) in [5, 5.41) is 0.679. The molecule has 0 N–H and O–H groups in total. The van der Waals surface area contributed by atoms with Gasteiger partial charge < -0.3 is 19.4 Å². The van der Waals surface area contributed by atoms with Gasteiger partial charge in [-0.1, -0.05) is 23.7 Å². The number of halogens is 1. The molecule has 1 aliphatic rings. The first-order valence-electron chi connectivity index (χ1n) is 9.35. The SMILES string of the molecule is CCN(Cc1ccc(Cl)cc1)C(=O)N(C)C1CCN(C(=O)OC(C)(C)C)C1. The van der Waals surface area contributed by atoms with Crippen molar-refractivity contribution in [3.8, 4) is 0 Å². The lowest BCUT2D eigenvalue weighted by Gasteiger charge is -2.31. The van der Waals surface area contributed by atoms with Crippen LogP contribution in [0.2, 0.25) is 5.02 Å². The Hall–Kier alpha value is -1.95. The van der Waals surface area contributed by atoms with E-state index in [2.05, 4.69) is 0 Å². The topological polar surface area (TPSA) is 53.1 Å². The van der Waals surface area contributed by atoms with Crippen LogP contribution in [0.4, 0.5) is 9.59 Å². The van der Waals surface area contributed by atoms with E-state index in [1.54, 1.807) is 21.7 Å². The van der Waals surface area contributed by atoms with Crippen molar-refractivity contribution in [1.29, 1.82) is 0 Å². The second-order valence-electron chi connectivity index (χ2n) is 7.90. The Labute approximate surface area is 167 Å². The van der Waals surface area contributed by atoms with Gasteiger partial charge in [0.05, 0.1) is 6.04 Å². The second-order valence-corrected chi connectivity index (χ2v) is 8.34. The number of carbonyl (C=O) groups is 2. The highest BCUT2D eigenvalue weighted by Crippen LogP contribution is 2.20. The summed E-state index contributed by atoms with van der Waals surface area (Å²) in [7, 11) is 1.80. The van der Waals surface area contributed by atoms with Crippen LogP contribution in [0.25, 0.3) is 0 Å². The van der Waals surface area contributed by atoms with E-state index in [4.69, 9.17) is 16.3 Å². The van der Waals surface area contributed by atoms with E-state index < -0.39 is 5.60 Å². The molecule has 1 atom stereocenters. The van der Waals surface area contributed by atoms with Crippen molar-refractivity contribution in [2.24, 2.45) is 0 Å². The number of ether oxygens (including phenoxy) is 1. The molecule has 150 valence electrons. The Kier molecular flexibility index (Phi) is 6.98. The van der Waals surface area contributed by atoms with Crippen molar-refractivity contribution in [2.75, 3.05) is 26.7 Å². The smallest absolute Gasteiger partial charge is 0.410 e. The fourth-order valence-electron chi connectivity index (χ4n) is 3.05. The summed E-state index contributed by atoms with van der Waals surface area (Å²) in [4.78, 5) is 30.4. The van der Waals surface area contributed by atoms with Crippen molar-refractivity contribution in [3.05, 3.63) is 34.9 Å². The quantitative estimate of drug-likeness (QED) is 0.766. The molecule has 1 unspecified atom stereocenters. The van der Waals surface area contributed by atoms with E-state index in [1.807, 2.05) is 52.0 Å². The second kappa shape index (κ2) is 8.83. The van der Waals surface area contributed by atoms with E-state index in [-0.39, 0.29) is 18.2 Å². The Morgan fingerprint density at radius 3 is 2.44 bits per heavy atom. The van der Waals surface area contributed by atoms with Gasteiger partial charge in [0, 0.05) is 38.2 Å². The molecular weight excluding hydrogens is 366 g/mol. The first-order valence-corrected chi connectivity index (χ1v) is 9.72. The number of hydrogen-bond acceptors (Lipinski definition) is 3. The van der Waals surface area contributed by atoms with Gasteiger partial charge in [0.2, 0.25) is 0 Å². The standard InChI is InChI=1S/C20H30ClN3O3/c1-6-23(13-15-7-9-16(21)10-8-15)18(25)22(5)17-11-12-24(14-17)19(26)27-20(2,3)4/h7-10,17H,6,11-14H2,1-5H3. The van der Waals surface area contributed by atoms with Crippen LogP contribution in [-0.2, 0) is 11.3 Å². The van der Waals surface area contributed by atoms with E-state index in [0.29, 0.717) is 31.2 Å². The molecule has 0 radical (unpaired) electrons. The molecule has 0 spiro atoms. The number of hydrogen-bond donors (Lipinski definition) is 0. The molecule has 0 aromatic heterocycles. The monoisotopic (exact) mass is 395 g/mol. The number of likely N-dealkylation sites (tertiary alicyclic amines) is 1. The summed E-state index contributed by atoms with van der Waals surface area (Å²) in [5.41, 5.74) is 0.513. The molecule has 1 aliphatic heterocycles. The van der Waals surface area contributed by atoms with Gasteiger partial charge in [-0.3, -0.25) is 0 Å². The maximum atomic E-state index is 12.9. The highest BCUT2D eigenvalue weighted by molar-refractivity contribution is 6.30. The summed E-state index contributed by atoms with van der Waals surface area (Å²) in [6.07, 6.45) is 0.430.